The maximum atomic E-state index is 13.8. The lowest BCUT2D eigenvalue weighted by molar-refractivity contribution is -0.838. The highest BCUT2D eigenvalue weighted by molar-refractivity contribution is 7.99. The quantitative estimate of drug-likeness (QED) is 0.366. The van der Waals surface area contributed by atoms with Gasteiger partial charge in [0.2, 0.25) is 5.91 Å². The second kappa shape index (κ2) is 9.68. The first-order valence-electron chi connectivity index (χ1n) is 10.1. The van der Waals surface area contributed by atoms with Crippen molar-refractivity contribution in [1.82, 2.24) is 0 Å². The molecule has 0 spiro atoms. The molecule has 164 valence electrons. The Morgan fingerprint density at radius 3 is 2.48 bits per heavy atom. The molecule has 1 heterocycles. The number of hydrogen-bond donors (Lipinski definition) is 0. The van der Waals surface area contributed by atoms with Gasteiger partial charge in [-0.2, -0.15) is 0 Å². The van der Waals surface area contributed by atoms with Gasteiger partial charge in [-0.25, -0.2) is 0 Å². The number of carbonyl (C=O) groups excluding carboxylic acids is 2. The number of hydrogen-bond acceptors (Lipinski definition) is 5. The molecule has 0 saturated carbocycles. The largest absolute Gasteiger partial charge is 0.633 e. The van der Waals surface area contributed by atoms with Gasteiger partial charge in [0.1, 0.15) is 5.75 Å². The van der Waals surface area contributed by atoms with Crippen molar-refractivity contribution in [3.8, 4) is 5.75 Å². The fourth-order valence-electron chi connectivity index (χ4n) is 3.48. The van der Waals surface area contributed by atoms with Crippen molar-refractivity contribution in [1.29, 1.82) is 0 Å². The van der Waals surface area contributed by atoms with Crippen molar-refractivity contribution < 1.29 is 19.0 Å². The number of methoxy groups -OCH3 is 1. The SMILES string of the molecule is COc1ccc([C@H]2Sc3ccccc3N(CC[N+](C)(C)[O-])C(=O)[C@H]2/C=C/C(C)=O)cc1. The monoisotopic (exact) mass is 440 g/mol. The standard InChI is InChI=1S/C24H28N2O4S/c1-17(27)9-14-20-23(18-10-12-19(30-4)13-11-18)31-22-8-6-5-7-21(22)25(24(20)28)15-16-26(2,3)29/h5-14,20,23H,15-16H2,1-4H3/b14-9+/t20-,23+/m0/s1. The van der Waals surface area contributed by atoms with Crippen molar-refractivity contribution in [2.75, 3.05) is 39.2 Å². The second-order valence-corrected chi connectivity index (χ2v) is 9.25. The summed E-state index contributed by atoms with van der Waals surface area (Å²) in [6, 6.07) is 15.4. The molecule has 0 bridgehead atoms. The van der Waals surface area contributed by atoms with Crippen LogP contribution in [0, 0.1) is 11.1 Å². The Labute approximate surface area is 187 Å². The zero-order valence-corrected chi connectivity index (χ0v) is 19.1. The van der Waals surface area contributed by atoms with Crippen molar-refractivity contribution in [2.45, 2.75) is 17.1 Å². The minimum absolute atomic E-state index is 0.114. The highest BCUT2D eigenvalue weighted by atomic mass is 32.2. The topological polar surface area (TPSA) is 69.7 Å². The lowest BCUT2D eigenvalue weighted by Gasteiger charge is -2.36. The average molecular weight is 441 g/mol. The van der Waals surface area contributed by atoms with Gasteiger partial charge >= 0.3 is 0 Å². The molecule has 0 unspecified atom stereocenters. The fraction of sp³-hybridized carbons (Fsp3) is 0.333. The summed E-state index contributed by atoms with van der Waals surface area (Å²) < 4.78 is 4.78. The first kappa shape index (κ1) is 23.1. The Kier molecular flexibility index (Phi) is 7.20. The number of ether oxygens (including phenoxy) is 1. The number of fused-ring (bicyclic) bond motifs is 1. The van der Waals surface area contributed by atoms with Crippen LogP contribution in [-0.4, -0.2) is 50.6 Å². The lowest BCUT2D eigenvalue weighted by Crippen LogP contribution is -2.45. The third kappa shape index (κ3) is 5.76. The van der Waals surface area contributed by atoms with Crippen molar-refractivity contribution in [3.05, 3.63) is 71.5 Å². The number of benzene rings is 2. The third-order valence-electron chi connectivity index (χ3n) is 5.13. The van der Waals surface area contributed by atoms with Gasteiger partial charge in [-0.15, -0.1) is 11.8 Å². The van der Waals surface area contributed by atoms with Gasteiger partial charge in [0.05, 0.1) is 45.9 Å². The fourth-order valence-corrected chi connectivity index (χ4v) is 4.86. The molecule has 0 aliphatic carbocycles. The number of likely N-dealkylation sites (N-methyl/N-ethyl adjacent to an activating group) is 1. The van der Waals surface area contributed by atoms with E-state index < -0.39 is 10.6 Å². The number of amides is 1. The van der Waals surface area contributed by atoms with Crippen molar-refractivity contribution >= 4 is 29.1 Å². The predicted octanol–water partition coefficient (Wildman–Crippen LogP) is 4.21. The predicted molar refractivity (Wildman–Crippen MR) is 124 cm³/mol. The molecule has 0 fully saturated rings. The van der Waals surface area contributed by atoms with Gasteiger partial charge in [-0.05, 0) is 42.8 Å². The molecule has 2 aromatic rings. The number of hydroxylamine groups is 3. The van der Waals surface area contributed by atoms with E-state index in [9.17, 15) is 14.8 Å². The molecule has 31 heavy (non-hydrogen) atoms. The summed E-state index contributed by atoms with van der Waals surface area (Å²) in [7, 11) is 4.74. The Morgan fingerprint density at radius 2 is 1.87 bits per heavy atom. The highest BCUT2D eigenvalue weighted by Crippen LogP contribution is 2.48. The normalized spacial score (nSPS) is 19.3. The molecule has 0 aromatic heterocycles. The number of anilines is 1. The molecule has 1 aliphatic rings. The molecule has 1 aliphatic heterocycles. The number of nitrogens with zero attached hydrogens (tertiary/aromatic N) is 2. The maximum Gasteiger partial charge on any atom is 0.235 e. The van der Waals surface area contributed by atoms with Gasteiger partial charge in [0.25, 0.3) is 0 Å². The van der Waals surface area contributed by atoms with Crippen LogP contribution in [0.1, 0.15) is 17.7 Å². The van der Waals surface area contributed by atoms with Gasteiger partial charge in [0, 0.05) is 10.1 Å². The van der Waals surface area contributed by atoms with E-state index in [1.165, 1.54) is 13.0 Å². The summed E-state index contributed by atoms with van der Waals surface area (Å²) in [6.45, 7) is 2.03. The number of carbonyl (C=O) groups is 2. The van der Waals surface area contributed by atoms with E-state index in [0.29, 0.717) is 6.54 Å². The summed E-state index contributed by atoms with van der Waals surface area (Å²) in [5.74, 6) is -0.0554. The van der Waals surface area contributed by atoms with E-state index in [-0.39, 0.29) is 23.5 Å². The van der Waals surface area contributed by atoms with Crippen LogP contribution in [0.2, 0.25) is 0 Å². The average Bonchev–Trinajstić information content (AvgIpc) is 2.84. The van der Waals surface area contributed by atoms with Crippen LogP contribution in [-0.2, 0) is 9.59 Å². The van der Waals surface area contributed by atoms with Gasteiger partial charge < -0.3 is 19.5 Å². The molecule has 2 atom stereocenters. The summed E-state index contributed by atoms with van der Waals surface area (Å²) in [4.78, 5) is 28.1. The van der Waals surface area contributed by atoms with Gasteiger partial charge in [-0.3, -0.25) is 9.59 Å². The van der Waals surface area contributed by atoms with Crippen LogP contribution < -0.4 is 9.64 Å². The maximum absolute atomic E-state index is 13.8. The molecule has 1 amide bonds. The molecule has 3 rings (SSSR count). The summed E-state index contributed by atoms with van der Waals surface area (Å²) in [5, 5.41) is 12.0. The molecular weight excluding hydrogens is 412 g/mol. The molecule has 0 N–H and O–H groups in total. The molecule has 0 saturated heterocycles. The highest BCUT2D eigenvalue weighted by Gasteiger charge is 2.37. The number of rotatable bonds is 7. The van der Waals surface area contributed by atoms with E-state index in [4.69, 9.17) is 4.74 Å². The van der Waals surface area contributed by atoms with Crippen molar-refractivity contribution in [3.63, 3.8) is 0 Å². The van der Waals surface area contributed by atoms with E-state index in [2.05, 4.69) is 0 Å². The molecular formula is C24H28N2O4S. The van der Waals surface area contributed by atoms with E-state index in [1.807, 2.05) is 48.5 Å². The Hall–Kier alpha value is -2.61. The number of para-hydroxylation sites is 1. The van der Waals surface area contributed by atoms with E-state index in [1.54, 1.807) is 43.9 Å². The number of allylic oxidation sites excluding steroid dienone is 1. The van der Waals surface area contributed by atoms with Crippen LogP contribution in [0.4, 0.5) is 5.69 Å². The zero-order valence-electron chi connectivity index (χ0n) is 18.3. The van der Waals surface area contributed by atoms with Gasteiger partial charge in [0.15, 0.2) is 5.78 Å². The first-order valence-corrected chi connectivity index (χ1v) is 11.0. The van der Waals surface area contributed by atoms with Crippen molar-refractivity contribution in [2.24, 2.45) is 5.92 Å². The van der Waals surface area contributed by atoms with E-state index >= 15 is 0 Å². The Bertz CT molecular complexity index is 966. The number of thioether (sulfide) groups is 1. The minimum Gasteiger partial charge on any atom is -0.633 e. The summed E-state index contributed by atoms with van der Waals surface area (Å²) >= 11 is 1.60. The second-order valence-electron chi connectivity index (χ2n) is 8.06. The van der Waals surface area contributed by atoms with Crippen LogP contribution in [0.15, 0.2) is 65.6 Å². The number of quaternary nitrogens is 1. The van der Waals surface area contributed by atoms with Crippen LogP contribution in [0.3, 0.4) is 0 Å². The van der Waals surface area contributed by atoms with E-state index in [0.717, 1.165) is 21.9 Å². The van der Waals surface area contributed by atoms with Crippen LogP contribution >= 0.6 is 11.8 Å². The Balaban J connectivity index is 2.08. The molecule has 6 nitrogen and oxygen atoms in total. The van der Waals surface area contributed by atoms with Gasteiger partial charge in [-0.1, -0.05) is 30.3 Å². The molecule has 0 radical (unpaired) electrons. The third-order valence-corrected chi connectivity index (χ3v) is 6.55. The van der Waals surface area contributed by atoms with Crippen LogP contribution in [0.5, 0.6) is 5.75 Å². The first-order chi connectivity index (χ1) is 14.7. The lowest BCUT2D eigenvalue weighted by atomic mass is 9.95. The number of ketones is 1. The zero-order chi connectivity index (χ0) is 22.6. The summed E-state index contributed by atoms with van der Waals surface area (Å²) in [5.41, 5.74) is 1.76. The smallest absolute Gasteiger partial charge is 0.235 e. The molecule has 7 heteroatoms. The minimum atomic E-state index is -0.558. The van der Waals surface area contributed by atoms with Crippen LogP contribution in [0.25, 0.3) is 0 Å². The molecule has 2 aromatic carbocycles. The summed E-state index contributed by atoms with van der Waals surface area (Å²) in [6.07, 6.45) is 3.16. The Morgan fingerprint density at radius 1 is 1.19 bits per heavy atom.